The number of amides is 1. The topological polar surface area (TPSA) is 47.6 Å². The highest BCUT2D eigenvalue weighted by Crippen LogP contribution is 2.12. The summed E-state index contributed by atoms with van der Waals surface area (Å²) in [6, 6.07) is 7.82. The second kappa shape index (κ2) is 7.14. The van der Waals surface area contributed by atoms with Gasteiger partial charge < -0.3 is 14.8 Å². The molecule has 0 aromatic heterocycles. The fraction of sp³-hybridized carbons (Fsp3) is 0.533. The molecule has 1 aliphatic rings. The largest absolute Gasteiger partial charge is 0.484 e. The normalized spacial score (nSPS) is 18.3. The number of benzene rings is 1. The highest BCUT2D eigenvalue weighted by molar-refractivity contribution is 5.77. The molecule has 1 N–H and O–H groups in total. The van der Waals surface area contributed by atoms with Gasteiger partial charge in [-0.15, -0.1) is 0 Å². The first kappa shape index (κ1) is 13.9. The molecule has 1 heterocycles. The molecule has 4 nitrogen and oxygen atoms in total. The van der Waals surface area contributed by atoms with Gasteiger partial charge in [0, 0.05) is 13.2 Å². The van der Waals surface area contributed by atoms with Crippen molar-refractivity contribution in [1.29, 1.82) is 0 Å². The lowest BCUT2D eigenvalue weighted by Gasteiger charge is -2.11. The van der Waals surface area contributed by atoms with Crippen molar-refractivity contribution in [1.82, 2.24) is 5.32 Å². The Kier molecular flexibility index (Phi) is 5.21. The molecule has 0 spiro atoms. The fourth-order valence-corrected chi connectivity index (χ4v) is 2.05. The molecule has 4 heteroatoms. The highest BCUT2D eigenvalue weighted by atomic mass is 16.5. The van der Waals surface area contributed by atoms with Crippen molar-refractivity contribution in [2.45, 2.75) is 32.3 Å². The zero-order valence-corrected chi connectivity index (χ0v) is 11.4. The molecule has 1 aromatic carbocycles. The summed E-state index contributed by atoms with van der Waals surface area (Å²) in [5, 5.41) is 2.83. The minimum absolute atomic E-state index is 0.0538. The summed E-state index contributed by atoms with van der Waals surface area (Å²) < 4.78 is 10.9. The third-order valence-corrected chi connectivity index (χ3v) is 3.25. The van der Waals surface area contributed by atoms with Crippen molar-refractivity contribution in [3.63, 3.8) is 0 Å². The lowest BCUT2D eigenvalue weighted by Crippen LogP contribution is -2.35. The number of carbonyl (C=O) groups is 1. The number of carbonyl (C=O) groups excluding carboxylic acids is 1. The Hall–Kier alpha value is -1.55. The van der Waals surface area contributed by atoms with Gasteiger partial charge in [0.05, 0.1) is 6.10 Å². The summed E-state index contributed by atoms with van der Waals surface area (Å²) in [6.07, 6.45) is 3.29. The lowest BCUT2D eigenvalue weighted by molar-refractivity contribution is -0.123. The molecule has 2 rings (SSSR count). The number of hydrogen-bond acceptors (Lipinski definition) is 3. The first-order valence-electron chi connectivity index (χ1n) is 6.88. The van der Waals surface area contributed by atoms with E-state index in [9.17, 15) is 4.79 Å². The molecule has 0 bridgehead atoms. The molecule has 19 heavy (non-hydrogen) atoms. The maximum Gasteiger partial charge on any atom is 0.258 e. The number of nitrogens with one attached hydrogen (secondary N) is 1. The summed E-state index contributed by atoms with van der Waals surface area (Å²) in [5.74, 6) is 0.625. The molecule has 1 saturated heterocycles. The van der Waals surface area contributed by atoms with Crippen LogP contribution >= 0.6 is 0 Å². The van der Waals surface area contributed by atoms with E-state index < -0.39 is 0 Å². The Labute approximate surface area is 114 Å². The molecule has 0 aliphatic carbocycles. The smallest absolute Gasteiger partial charge is 0.258 e. The van der Waals surface area contributed by atoms with Crippen LogP contribution in [-0.2, 0) is 16.0 Å². The van der Waals surface area contributed by atoms with Gasteiger partial charge in [0.15, 0.2) is 6.61 Å². The summed E-state index contributed by atoms with van der Waals surface area (Å²) >= 11 is 0. The molecule has 1 aromatic rings. The molecule has 1 aliphatic heterocycles. The SMILES string of the molecule is CCc1ccc(OCC(=O)NCC2CCCO2)cc1. The van der Waals surface area contributed by atoms with Crippen LogP contribution < -0.4 is 10.1 Å². The van der Waals surface area contributed by atoms with Gasteiger partial charge in [-0.25, -0.2) is 0 Å². The predicted octanol–water partition coefficient (Wildman–Crippen LogP) is 1.92. The van der Waals surface area contributed by atoms with Crippen LogP contribution in [0.15, 0.2) is 24.3 Å². The van der Waals surface area contributed by atoms with Crippen LogP contribution in [0.2, 0.25) is 0 Å². The number of aryl methyl sites for hydroxylation is 1. The van der Waals surface area contributed by atoms with Gasteiger partial charge in [0.2, 0.25) is 0 Å². The minimum atomic E-state index is -0.102. The fourth-order valence-electron chi connectivity index (χ4n) is 2.05. The van der Waals surface area contributed by atoms with E-state index in [0.717, 1.165) is 31.6 Å². The van der Waals surface area contributed by atoms with Gasteiger partial charge in [-0.2, -0.15) is 0 Å². The third kappa shape index (κ3) is 4.56. The van der Waals surface area contributed by atoms with E-state index in [2.05, 4.69) is 12.2 Å². The average Bonchev–Trinajstić information content (AvgIpc) is 2.96. The minimum Gasteiger partial charge on any atom is -0.484 e. The van der Waals surface area contributed by atoms with Crippen LogP contribution in [0.5, 0.6) is 5.75 Å². The zero-order valence-electron chi connectivity index (χ0n) is 11.4. The van der Waals surface area contributed by atoms with E-state index in [0.29, 0.717) is 6.54 Å². The van der Waals surface area contributed by atoms with Gasteiger partial charge >= 0.3 is 0 Å². The monoisotopic (exact) mass is 263 g/mol. The molecule has 0 saturated carbocycles. The Bertz CT molecular complexity index is 396. The summed E-state index contributed by atoms with van der Waals surface area (Å²) in [6.45, 7) is 3.55. The van der Waals surface area contributed by atoms with Crippen LogP contribution in [0.3, 0.4) is 0 Å². The van der Waals surface area contributed by atoms with E-state index in [1.807, 2.05) is 24.3 Å². The molecule has 1 unspecified atom stereocenters. The molecule has 0 radical (unpaired) electrons. The molecule has 1 fully saturated rings. The quantitative estimate of drug-likeness (QED) is 0.853. The van der Waals surface area contributed by atoms with Crippen LogP contribution in [-0.4, -0.2) is 31.8 Å². The second-order valence-corrected chi connectivity index (χ2v) is 4.73. The van der Waals surface area contributed by atoms with Crippen LogP contribution in [0.1, 0.15) is 25.3 Å². The standard InChI is InChI=1S/C15H21NO3/c1-2-12-5-7-13(8-6-12)19-11-15(17)16-10-14-4-3-9-18-14/h5-8,14H,2-4,9-11H2,1H3,(H,16,17). The number of rotatable bonds is 6. The van der Waals surface area contributed by atoms with Crippen molar-refractivity contribution < 1.29 is 14.3 Å². The Morgan fingerprint density at radius 3 is 2.84 bits per heavy atom. The average molecular weight is 263 g/mol. The Balaban J connectivity index is 1.67. The third-order valence-electron chi connectivity index (χ3n) is 3.25. The van der Waals surface area contributed by atoms with E-state index in [1.165, 1.54) is 5.56 Å². The maximum atomic E-state index is 11.6. The Morgan fingerprint density at radius 1 is 1.42 bits per heavy atom. The van der Waals surface area contributed by atoms with Crippen LogP contribution in [0.25, 0.3) is 0 Å². The Morgan fingerprint density at radius 2 is 2.21 bits per heavy atom. The summed E-state index contributed by atoms with van der Waals surface area (Å²) in [5.41, 5.74) is 1.26. The van der Waals surface area contributed by atoms with Gasteiger partial charge in [-0.05, 0) is 37.0 Å². The molecular weight excluding hydrogens is 242 g/mol. The van der Waals surface area contributed by atoms with E-state index >= 15 is 0 Å². The van der Waals surface area contributed by atoms with Gasteiger partial charge in [0.25, 0.3) is 5.91 Å². The number of hydrogen-bond donors (Lipinski definition) is 1. The van der Waals surface area contributed by atoms with Crippen LogP contribution in [0, 0.1) is 0 Å². The maximum absolute atomic E-state index is 11.6. The highest BCUT2D eigenvalue weighted by Gasteiger charge is 2.16. The summed E-state index contributed by atoms with van der Waals surface area (Å²) in [7, 11) is 0. The van der Waals surface area contributed by atoms with Crippen molar-refractivity contribution in [3.8, 4) is 5.75 Å². The van der Waals surface area contributed by atoms with Crippen molar-refractivity contribution in [3.05, 3.63) is 29.8 Å². The first-order valence-corrected chi connectivity index (χ1v) is 6.88. The molecule has 104 valence electrons. The van der Waals surface area contributed by atoms with E-state index in [4.69, 9.17) is 9.47 Å². The van der Waals surface area contributed by atoms with Gasteiger partial charge in [0.1, 0.15) is 5.75 Å². The zero-order chi connectivity index (χ0) is 13.5. The summed E-state index contributed by atoms with van der Waals surface area (Å²) in [4.78, 5) is 11.6. The first-order chi connectivity index (χ1) is 9.28. The number of ether oxygens (including phenoxy) is 2. The predicted molar refractivity (Wildman–Crippen MR) is 73.3 cm³/mol. The molecule has 1 amide bonds. The van der Waals surface area contributed by atoms with Crippen molar-refractivity contribution >= 4 is 5.91 Å². The molecular formula is C15H21NO3. The molecule has 1 atom stereocenters. The van der Waals surface area contributed by atoms with Crippen molar-refractivity contribution in [2.24, 2.45) is 0 Å². The lowest BCUT2D eigenvalue weighted by atomic mass is 10.2. The second-order valence-electron chi connectivity index (χ2n) is 4.73. The van der Waals surface area contributed by atoms with Crippen molar-refractivity contribution in [2.75, 3.05) is 19.8 Å². The van der Waals surface area contributed by atoms with Crippen LogP contribution in [0.4, 0.5) is 0 Å². The van der Waals surface area contributed by atoms with Gasteiger partial charge in [-0.1, -0.05) is 19.1 Å². The van der Waals surface area contributed by atoms with Gasteiger partial charge in [-0.3, -0.25) is 4.79 Å². The van der Waals surface area contributed by atoms with E-state index in [-0.39, 0.29) is 18.6 Å². The van der Waals surface area contributed by atoms with E-state index in [1.54, 1.807) is 0 Å².